The Labute approximate surface area is 186 Å². The van der Waals surface area contributed by atoms with Gasteiger partial charge in [-0.05, 0) is 49.4 Å². The van der Waals surface area contributed by atoms with Gasteiger partial charge in [-0.25, -0.2) is 0 Å². The van der Waals surface area contributed by atoms with Crippen LogP contribution in [0.4, 0.5) is 0 Å². The van der Waals surface area contributed by atoms with Crippen LogP contribution in [0, 0.1) is 6.92 Å². The van der Waals surface area contributed by atoms with Crippen LogP contribution in [0.2, 0.25) is 0 Å². The first kappa shape index (κ1) is 20.5. The maximum Gasteiger partial charge on any atom is 0.253 e. The fourth-order valence-electron chi connectivity index (χ4n) is 4.70. The number of morpholine rings is 1. The summed E-state index contributed by atoms with van der Waals surface area (Å²) in [5, 5.41) is 6.33. The lowest BCUT2D eigenvalue weighted by Gasteiger charge is -2.34. The standard InChI is InChI=1S/C24H29N3O3S/c1-16-23(19-14-18(29-2)7-8-20(19)27(16)17-5-6-17)24(28)25-15-21(22-4-3-13-31-22)26-9-11-30-12-10-26/h3-4,7-8,13-14,17,21H,5-6,9-12,15H2,1-2H3,(H,25,28)/t21-/m0/s1. The van der Waals surface area contributed by atoms with E-state index in [0.29, 0.717) is 12.6 Å². The van der Waals surface area contributed by atoms with Crippen molar-refractivity contribution in [3.63, 3.8) is 0 Å². The summed E-state index contributed by atoms with van der Waals surface area (Å²) in [7, 11) is 1.67. The minimum Gasteiger partial charge on any atom is -0.497 e. The zero-order valence-electron chi connectivity index (χ0n) is 18.1. The average Bonchev–Trinajstić information content (AvgIpc) is 3.39. The van der Waals surface area contributed by atoms with E-state index in [1.54, 1.807) is 18.4 Å². The molecule has 7 heteroatoms. The second kappa shape index (κ2) is 8.65. The Balaban J connectivity index is 1.43. The van der Waals surface area contributed by atoms with Crippen molar-refractivity contribution in [2.24, 2.45) is 0 Å². The molecule has 2 aromatic heterocycles. The first-order valence-corrected chi connectivity index (χ1v) is 11.9. The van der Waals surface area contributed by atoms with Crippen LogP contribution in [0.5, 0.6) is 5.75 Å². The Kier molecular flexibility index (Phi) is 5.73. The molecule has 6 nitrogen and oxygen atoms in total. The summed E-state index contributed by atoms with van der Waals surface area (Å²) in [5.74, 6) is 0.768. The topological polar surface area (TPSA) is 55.7 Å². The molecule has 1 aliphatic carbocycles. The molecule has 1 aromatic carbocycles. The maximum atomic E-state index is 13.5. The van der Waals surface area contributed by atoms with Gasteiger partial charge in [0.05, 0.1) is 31.9 Å². The maximum absolute atomic E-state index is 13.5. The van der Waals surface area contributed by atoms with Crippen molar-refractivity contribution in [3.05, 3.63) is 51.8 Å². The Morgan fingerprint density at radius 1 is 1.29 bits per heavy atom. The first-order chi connectivity index (χ1) is 15.2. The van der Waals surface area contributed by atoms with Crippen molar-refractivity contribution in [1.29, 1.82) is 0 Å². The highest BCUT2D eigenvalue weighted by molar-refractivity contribution is 7.10. The zero-order valence-corrected chi connectivity index (χ0v) is 18.9. The van der Waals surface area contributed by atoms with Gasteiger partial charge in [0, 0.05) is 47.2 Å². The number of amides is 1. The van der Waals surface area contributed by atoms with E-state index in [1.807, 2.05) is 12.1 Å². The molecule has 1 aliphatic heterocycles. The van der Waals surface area contributed by atoms with E-state index in [4.69, 9.17) is 9.47 Å². The number of hydrogen-bond acceptors (Lipinski definition) is 5. The SMILES string of the molecule is COc1ccc2c(c1)c(C(=O)NC[C@@H](c1cccs1)N1CCOCC1)c(C)n2C1CC1. The first-order valence-electron chi connectivity index (χ1n) is 11.0. The molecular weight excluding hydrogens is 410 g/mol. The normalized spacial score (nSPS) is 18.3. The van der Waals surface area contributed by atoms with E-state index < -0.39 is 0 Å². The van der Waals surface area contributed by atoms with Crippen LogP contribution in [0.25, 0.3) is 10.9 Å². The molecule has 0 radical (unpaired) electrons. The van der Waals surface area contributed by atoms with Crippen molar-refractivity contribution >= 4 is 28.1 Å². The van der Waals surface area contributed by atoms with Gasteiger partial charge < -0.3 is 19.4 Å². The number of benzene rings is 1. The summed E-state index contributed by atoms with van der Waals surface area (Å²) in [4.78, 5) is 17.2. The van der Waals surface area contributed by atoms with E-state index >= 15 is 0 Å². The number of fused-ring (bicyclic) bond motifs is 1. The highest BCUT2D eigenvalue weighted by Gasteiger charge is 2.31. The molecule has 1 N–H and O–H groups in total. The summed E-state index contributed by atoms with van der Waals surface area (Å²) in [6.07, 6.45) is 2.35. The predicted octanol–water partition coefficient (Wildman–Crippen LogP) is 4.16. The van der Waals surface area contributed by atoms with Crippen LogP contribution >= 0.6 is 11.3 Å². The lowest BCUT2D eigenvalue weighted by atomic mass is 10.1. The molecule has 0 unspecified atom stereocenters. The monoisotopic (exact) mass is 439 g/mol. The van der Waals surface area contributed by atoms with Gasteiger partial charge in [-0.3, -0.25) is 9.69 Å². The third kappa shape index (κ3) is 3.97. The Morgan fingerprint density at radius 2 is 2.10 bits per heavy atom. The third-order valence-corrected chi connectivity index (χ3v) is 7.38. The molecule has 1 saturated heterocycles. The van der Waals surface area contributed by atoms with Gasteiger partial charge in [-0.2, -0.15) is 0 Å². The number of carbonyl (C=O) groups is 1. The molecule has 164 valence electrons. The molecule has 3 aromatic rings. The number of methoxy groups -OCH3 is 1. The number of nitrogens with one attached hydrogen (secondary N) is 1. The number of nitrogens with zero attached hydrogens (tertiary/aromatic N) is 2. The van der Waals surface area contributed by atoms with Gasteiger partial charge in [0.2, 0.25) is 0 Å². The van der Waals surface area contributed by atoms with E-state index in [1.165, 1.54) is 17.7 Å². The highest BCUT2D eigenvalue weighted by atomic mass is 32.1. The second-order valence-corrected chi connectivity index (χ2v) is 9.31. The molecule has 1 atom stereocenters. The second-order valence-electron chi connectivity index (χ2n) is 8.33. The number of carbonyl (C=O) groups excluding carboxylic acids is 1. The summed E-state index contributed by atoms with van der Waals surface area (Å²) < 4.78 is 13.3. The van der Waals surface area contributed by atoms with Crippen LogP contribution in [0.15, 0.2) is 35.7 Å². The van der Waals surface area contributed by atoms with Crippen molar-refractivity contribution in [1.82, 2.24) is 14.8 Å². The van der Waals surface area contributed by atoms with E-state index in [0.717, 1.165) is 54.2 Å². The molecule has 1 amide bonds. The van der Waals surface area contributed by atoms with Crippen molar-refractivity contribution < 1.29 is 14.3 Å². The van der Waals surface area contributed by atoms with Gasteiger partial charge in [0.15, 0.2) is 0 Å². The van der Waals surface area contributed by atoms with E-state index in [2.05, 4.69) is 45.3 Å². The number of ether oxygens (including phenoxy) is 2. The molecule has 0 bridgehead atoms. The molecule has 2 fully saturated rings. The van der Waals surface area contributed by atoms with E-state index in [-0.39, 0.29) is 11.9 Å². The largest absolute Gasteiger partial charge is 0.497 e. The summed E-state index contributed by atoms with van der Waals surface area (Å²) in [5.41, 5.74) is 2.93. The molecule has 3 heterocycles. The summed E-state index contributed by atoms with van der Waals surface area (Å²) in [6.45, 7) is 5.90. The van der Waals surface area contributed by atoms with Crippen LogP contribution in [-0.2, 0) is 4.74 Å². The Morgan fingerprint density at radius 3 is 2.77 bits per heavy atom. The Hall–Kier alpha value is -2.35. The number of thiophene rings is 1. The lowest BCUT2D eigenvalue weighted by Crippen LogP contribution is -2.43. The minimum absolute atomic E-state index is 0.00929. The number of rotatable bonds is 7. The Bertz CT molecular complexity index is 1070. The van der Waals surface area contributed by atoms with Gasteiger partial charge in [0.25, 0.3) is 5.91 Å². The fourth-order valence-corrected chi connectivity index (χ4v) is 5.56. The third-order valence-electron chi connectivity index (χ3n) is 6.41. The molecule has 0 spiro atoms. The molecule has 2 aliphatic rings. The summed E-state index contributed by atoms with van der Waals surface area (Å²) >= 11 is 1.74. The van der Waals surface area contributed by atoms with Gasteiger partial charge in [-0.1, -0.05) is 6.07 Å². The molecule has 5 rings (SSSR count). The molecule has 31 heavy (non-hydrogen) atoms. The smallest absolute Gasteiger partial charge is 0.253 e. The quantitative estimate of drug-likeness (QED) is 0.601. The average molecular weight is 440 g/mol. The van der Waals surface area contributed by atoms with E-state index in [9.17, 15) is 4.79 Å². The molecule has 1 saturated carbocycles. The lowest BCUT2D eigenvalue weighted by molar-refractivity contribution is 0.0169. The van der Waals surface area contributed by atoms with Crippen molar-refractivity contribution in [2.45, 2.75) is 31.8 Å². The van der Waals surface area contributed by atoms with Gasteiger partial charge >= 0.3 is 0 Å². The zero-order chi connectivity index (χ0) is 21.4. The molecular formula is C24H29N3O3S. The van der Waals surface area contributed by atoms with Gasteiger partial charge in [-0.15, -0.1) is 11.3 Å². The van der Waals surface area contributed by atoms with Crippen LogP contribution < -0.4 is 10.1 Å². The fraction of sp³-hybridized carbons (Fsp3) is 0.458. The van der Waals surface area contributed by atoms with Crippen LogP contribution in [0.1, 0.15) is 45.9 Å². The van der Waals surface area contributed by atoms with Crippen LogP contribution in [-0.4, -0.2) is 55.3 Å². The van der Waals surface area contributed by atoms with Crippen molar-refractivity contribution in [3.8, 4) is 5.75 Å². The number of hydrogen-bond donors (Lipinski definition) is 1. The highest BCUT2D eigenvalue weighted by Crippen LogP contribution is 2.42. The minimum atomic E-state index is -0.00929. The van der Waals surface area contributed by atoms with Crippen molar-refractivity contribution in [2.75, 3.05) is 40.0 Å². The van der Waals surface area contributed by atoms with Gasteiger partial charge in [0.1, 0.15) is 5.75 Å². The summed E-state index contributed by atoms with van der Waals surface area (Å²) in [6, 6.07) is 11.0. The number of aromatic nitrogens is 1. The predicted molar refractivity (Wildman–Crippen MR) is 123 cm³/mol. The van der Waals surface area contributed by atoms with Crippen LogP contribution in [0.3, 0.4) is 0 Å².